The number of nitrogens with one attached hydrogen (secondary N) is 2. The molecule has 4 nitrogen and oxygen atoms in total. The molecule has 18 heavy (non-hydrogen) atoms. The molecule has 1 unspecified atom stereocenters. The zero-order valence-corrected chi connectivity index (χ0v) is 10.2. The van der Waals surface area contributed by atoms with E-state index in [-0.39, 0.29) is 11.7 Å². The first-order valence-corrected chi connectivity index (χ1v) is 5.76. The first-order valence-electron chi connectivity index (χ1n) is 5.76. The Labute approximate surface area is 106 Å². The van der Waals surface area contributed by atoms with E-state index in [0.717, 1.165) is 12.0 Å². The van der Waals surface area contributed by atoms with Gasteiger partial charge >= 0.3 is 0 Å². The summed E-state index contributed by atoms with van der Waals surface area (Å²) < 4.78 is 12.7. The lowest BCUT2D eigenvalue weighted by molar-refractivity contribution is -0.118. The van der Waals surface area contributed by atoms with Gasteiger partial charge in [0.15, 0.2) is 0 Å². The third-order valence-electron chi connectivity index (χ3n) is 2.41. The van der Waals surface area contributed by atoms with Gasteiger partial charge in [-0.1, -0.05) is 12.1 Å². The summed E-state index contributed by atoms with van der Waals surface area (Å²) in [5.41, 5.74) is 0.735. The molecule has 0 fully saturated rings. The molecule has 0 aliphatic carbocycles. The Morgan fingerprint density at radius 3 is 2.61 bits per heavy atom. The van der Waals surface area contributed by atoms with Gasteiger partial charge in [-0.25, -0.2) is 4.39 Å². The molecule has 0 aliphatic rings. The minimum Gasteiger partial charge on any atom is -0.356 e. The molecule has 1 atom stereocenters. The van der Waals surface area contributed by atoms with Crippen LogP contribution in [-0.2, 0) is 4.79 Å². The van der Waals surface area contributed by atoms with E-state index in [1.165, 1.54) is 19.1 Å². The van der Waals surface area contributed by atoms with Crippen LogP contribution in [0, 0.1) is 17.1 Å². The molecule has 1 aromatic rings. The Bertz CT molecular complexity index is 425. The highest BCUT2D eigenvalue weighted by molar-refractivity contribution is 5.72. The second kappa shape index (κ2) is 7.41. The van der Waals surface area contributed by atoms with E-state index >= 15 is 0 Å². The van der Waals surface area contributed by atoms with Gasteiger partial charge in [-0.2, -0.15) is 5.26 Å². The van der Waals surface area contributed by atoms with Crippen LogP contribution in [0.1, 0.15) is 24.9 Å². The van der Waals surface area contributed by atoms with Crippen molar-refractivity contribution in [1.82, 2.24) is 10.6 Å². The van der Waals surface area contributed by atoms with E-state index in [4.69, 9.17) is 5.26 Å². The predicted octanol–water partition coefficient (Wildman–Crippen LogP) is 1.51. The molecular weight excluding hydrogens is 233 g/mol. The van der Waals surface area contributed by atoms with Crippen molar-refractivity contribution in [2.24, 2.45) is 0 Å². The van der Waals surface area contributed by atoms with Gasteiger partial charge in [-0.3, -0.25) is 10.1 Å². The van der Waals surface area contributed by atoms with E-state index in [2.05, 4.69) is 16.7 Å². The van der Waals surface area contributed by atoms with E-state index in [0.29, 0.717) is 13.1 Å². The van der Waals surface area contributed by atoms with E-state index < -0.39 is 6.04 Å². The lowest BCUT2D eigenvalue weighted by atomic mass is 10.1. The van der Waals surface area contributed by atoms with Crippen molar-refractivity contribution in [1.29, 1.82) is 5.26 Å². The summed E-state index contributed by atoms with van der Waals surface area (Å²) in [5, 5.41) is 14.7. The van der Waals surface area contributed by atoms with Gasteiger partial charge in [0, 0.05) is 13.5 Å². The first kappa shape index (κ1) is 14.1. The smallest absolute Gasteiger partial charge is 0.216 e. The van der Waals surface area contributed by atoms with Crippen molar-refractivity contribution in [3.63, 3.8) is 0 Å². The summed E-state index contributed by atoms with van der Waals surface area (Å²) in [6.45, 7) is 2.64. The van der Waals surface area contributed by atoms with Gasteiger partial charge in [0.25, 0.3) is 0 Å². The largest absolute Gasteiger partial charge is 0.356 e. The molecule has 2 N–H and O–H groups in total. The maximum atomic E-state index is 12.7. The molecule has 1 amide bonds. The van der Waals surface area contributed by atoms with Gasteiger partial charge in [0.1, 0.15) is 11.9 Å². The minimum absolute atomic E-state index is 0.0645. The standard InChI is InChI=1S/C13H16FN3O/c1-10(18)16-7-2-8-17-13(9-15)11-3-5-12(14)6-4-11/h3-6,13,17H,2,7-8H2,1H3,(H,16,18). The van der Waals surface area contributed by atoms with Crippen LogP contribution in [-0.4, -0.2) is 19.0 Å². The number of nitrogens with zero attached hydrogens (tertiary/aromatic N) is 1. The topological polar surface area (TPSA) is 64.9 Å². The molecule has 1 aromatic carbocycles. The monoisotopic (exact) mass is 249 g/mol. The molecule has 0 aromatic heterocycles. The number of carbonyl (C=O) groups is 1. The van der Waals surface area contributed by atoms with Crippen molar-refractivity contribution in [3.05, 3.63) is 35.6 Å². The van der Waals surface area contributed by atoms with Crippen molar-refractivity contribution >= 4 is 5.91 Å². The van der Waals surface area contributed by atoms with Crippen LogP contribution in [0.25, 0.3) is 0 Å². The summed E-state index contributed by atoms with van der Waals surface area (Å²) in [7, 11) is 0. The molecule has 0 radical (unpaired) electrons. The van der Waals surface area contributed by atoms with Crippen LogP contribution in [0.4, 0.5) is 4.39 Å². The Balaban J connectivity index is 2.37. The lowest BCUT2D eigenvalue weighted by Gasteiger charge is -2.11. The molecule has 1 rings (SSSR count). The highest BCUT2D eigenvalue weighted by atomic mass is 19.1. The summed E-state index contributed by atoms with van der Waals surface area (Å²) in [6, 6.07) is 7.50. The fourth-order valence-electron chi connectivity index (χ4n) is 1.49. The Morgan fingerprint density at radius 2 is 2.06 bits per heavy atom. The zero-order valence-electron chi connectivity index (χ0n) is 10.2. The molecule has 0 saturated carbocycles. The highest BCUT2D eigenvalue weighted by Crippen LogP contribution is 2.12. The van der Waals surface area contributed by atoms with Crippen molar-refractivity contribution in [2.45, 2.75) is 19.4 Å². The SMILES string of the molecule is CC(=O)NCCCNC(C#N)c1ccc(F)cc1. The quantitative estimate of drug-likeness (QED) is 0.751. The fraction of sp³-hybridized carbons (Fsp3) is 0.385. The number of halogens is 1. The number of amides is 1. The van der Waals surface area contributed by atoms with Crippen LogP contribution in [0.15, 0.2) is 24.3 Å². The van der Waals surface area contributed by atoms with Gasteiger partial charge < -0.3 is 5.32 Å². The number of carbonyl (C=O) groups excluding carboxylic acids is 1. The molecule has 0 bridgehead atoms. The van der Waals surface area contributed by atoms with Gasteiger partial charge in [-0.05, 0) is 30.7 Å². The normalized spacial score (nSPS) is 11.6. The summed E-state index contributed by atoms with van der Waals surface area (Å²) in [4.78, 5) is 10.6. The van der Waals surface area contributed by atoms with Crippen molar-refractivity contribution in [2.75, 3.05) is 13.1 Å². The average molecular weight is 249 g/mol. The number of hydrogen-bond acceptors (Lipinski definition) is 3. The molecule has 0 saturated heterocycles. The maximum absolute atomic E-state index is 12.7. The summed E-state index contributed by atoms with van der Waals surface area (Å²) in [5.74, 6) is -0.383. The zero-order chi connectivity index (χ0) is 13.4. The molecule has 96 valence electrons. The van der Waals surface area contributed by atoms with Gasteiger partial charge in [-0.15, -0.1) is 0 Å². The third-order valence-corrected chi connectivity index (χ3v) is 2.41. The van der Waals surface area contributed by atoms with Crippen LogP contribution >= 0.6 is 0 Å². The van der Waals surface area contributed by atoms with Crippen LogP contribution < -0.4 is 10.6 Å². The lowest BCUT2D eigenvalue weighted by Crippen LogP contribution is -2.27. The first-order chi connectivity index (χ1) is 8.63. The van der Waals surface area contributed by atoms with Crippen molar-refractivity contribution < 1.29 is 9.18 Å². The fourth-order valence-corrected chi connectivity index (χ4v) is 1.49. The molecule has 0 aliphatic heterocycles. The van der Waals surface area contributed by atoms with Crippen LogP contribution in [0.2, 0.25) is 0 Å². The Hall–Kier alpha value is -1.93. The van der Waals surface area contributed by atoms with E-state index in [1.54, 1.807) is 12.1 Å². The van der Waals surface area contributed by atoms with Gasteiger partial charge in [0.2, 0.25) is 5.91 Å². The third kappa shape index (κ3) is 4.93. The summed E-state index contributed by atoms with van der Waals surface area (Å²) in [6.07, 6.45) is 0.735. The summed E-state index contributed by atoms with van der Waals surface area (Å²) >= 11 is 0. The number of rotatable bonds is 6. The molecule has 0 spiro atoms. The number of hydrogen-bond donors (Lipinski definition) is 2. The number of benzene rings is 1. The molecule has 5 heteroatoms. The second-order valence-corrected chi connectivity index (χ2v) is 3.90. The Morgan fingerprint density at radius 1 is 1.39 bits per heavy atom. The predicted molar refractivity (Wildman–Crippen MR) is 66.1 cm³/mol. The van der Waals surface area contributed by atoms with E-state index in [1.807, 2.05) is 0 Å². The van der Waals surface area contributed by atoms with E-state index in [9.17, 15) is 9.18 Å². The Kier molecular flexibility index (Phi) is 5.81. The van der Waals surface area contributed by atoms with Gasteiger partial charge in [0.05, 0.1) is 6.07 Å². The van der Waals surface area contributed by atoms with Crippen LogP contribution in [0.5, 0.6) is 0 Å². The molecular formula is C13H16FN3O. The van der Waals surface area contributed by atoms with Crippen molar-refractivity contribution in [3.8, 4) is 6.07 Å². The highest BCUT2D eigenvalue weighted by Gasteiger charge is 2.08. The minimum atomic E-state index is -0.456. The van der Waals surface area contributed by atoms with Crippen LogP contribution in [0.3, 0.4) is 0 Å². The molecule has 0 heterocycles. The average Bonchev–Trinajstić information content (AvgIpc) is 2.35. The second-order valence-electron chi connectivity index (χ2n) is 3.90. The maximum Gasteiger partial charge on any atom is 0.216 e. The number of nitriles is 1.